The Morgan fingerprint density at radius 2 is 2.13 bits per heavy atom. The quantitative estimate of drug-likeness (QED) is 0.738. The molecule has 0 aromatic carbocycles. The number of rotatable bonds is 8. The van der Waals surface area contributed by atoms with E-state index in [9.17, 15) is 9.59 Å². The highest BCUT2D eigenvalue weighted by molar-refractivity contribution is 7.08. The molecule has 7 nitrogen and oxygen atoms in total. The zero-order valence-corrected chi connectivity index (χ0v) is 14.0. The van der Waals surface area contributed by atoms with Crippen molar-refractivity contribution in [1.82, 2.24) is 19.8 Å². The number of carbonyl (C=O) groups excluding carboxylic acids is 1. The number of carboxylic acids is 1. The van der Waals surface area contributed by atoms with Gasteiger partial charge in [0.2, 0.25) is 0 Å². The van der Waals surface area contributed by atoms with E-state index >= 15 is 0 Å². The second-order valence-corrected chi connectivity index (χ2v) is 7.22. The molecular weight excluding hydrogens is 316 g/mol. The molecule has 1 amide bonds. The zero-order chi connectivity index (χ0) is 16.4. The molecule has 0 spiro atoms. The van der Waals surface area contributed by atoms with Gasteiger partial charge in [0.25, 0.3) is 5.91 Å². The second kappa shape index (κ2) is 6.92. The summed E-state index contributed by atoms with van der Waals surface area (Å²) in [5, 5.41) is 16.0. The number of amides is 1. The lowest BCUT2D eigenvalue weighted by Gasteiger charge is -2.42. The molecule has 2 aliphatic carbocycles. The van der Waals surface area contributed by atoms with Crippen LogP contribution in [0, 0.1) is 5.92 Å². The summed E-state index contributed by atoms with van der Waals surface area (Å²) < 4.78 is 3.84. The topological polar surface area (TPSA) is 95.4 Å². The number of aromatic nitrogens is 2. The van der Waals surface area contributed by atoms with Crippen molar-refractivity contribution < 1.29 is 14.7 Å². The molecule has 3 rings (SSSR count). The maximum atomic E-state index is 12.2. The molecule has 0 saturated heterocycles. The van der Waals surface area contributed by atoms with Crippen LogP contribution >= 0.6 is 11.5 Å². The average molecular weight is 338 g/mol. The van der Waals surface area contributed by atoms with Crippen molar-refractivity contribution in [3.05, 3.63) is 10.6 Å². The Labute approximate surface area is 139 Å². The van der Waals surface area contributed by atoms with Crippen molar-refractivity contribution in [3.8, 4) is 0 Å². The van der Waals surface area contributed by atoms with Crippen LogP contribution in [0.3, 0.4) is 0 Å². The van der Waals surface area contributed by atoms with Crippen LogP contribution in [0.15, 0.2) is 0 Å². The molecule has 8 heteroatoms. The second-order valence-electron chi connectivity index (χ2n) is 6.46. The van der Waals surface area contributed by atoms with Crippen LogP contribution in [0.4, 0.5) is 0 Å². The monoisotopic (exact) mass is 338 g/mol. The first-order chi connectivity index (χ1) is 11.1. The highest BCUT2D eigenvalue weighted by Crippen LogP contribution is 2.33. The fourth-order valence-electron chi connectivity index (χ4n) is 3.02. The minimum atomic E-state index is -0.776. The number of aryl methyl sites for hydroxylation is 1. The molecule has 2 fully saturated rings. The van der Waals surface area contributed by atoms with Crippen LogP contribution in [0.2, 0.25) is 0 Å². The van der Waals surface area contributed by atoms with E-state index in [1.165, 1.54) is 12.8 Å². The highest BCUT2D eigenvalue weighted by Gasteiger charge is 2.38. The fraction of sp³-hybridized carbons (Fsp3) is 0.733. The standard InChI is InChI=1S/C15H22N4O3S/c1-2-12-14(23-18-17-12)15(22)16-10-5-11(6-10)19(8-13(20)21)7-9-3-4-9/h9-11H,2-8H2,1H3,(H,16,22)(H,20,21). The van der Waals surface area contributed by atoms with Gasteiger partial charge >= 0.3 is 5.97 Å². The third kappa shape index (κ3) is 4.06. The van der Waals surface area contributed by atoms with Crippen molar-refractivity contribution >= 4 is 23.4 Å². The van der Waals surface area contributed by atoms with Gasteiger partial charge in [-0.1, -0.05) is 11.4 Å². The first-order valence-corrected chi connectivity index (χ1v) is 8.92. The van der Waals surface area contributed by atoms with Crippen molar-refractivity contribution in [2.45, 2.75) is 51.1 Å². The molecule has 1 heterocycles. The van der Waals surface area contributed by atoms with Gasteiger partial charge in [0.1, 0.15) is 4.88 Å². The van der Waals surface area contributed by atoms with Crippen LogP contribution in [0.1, 0.15) is 48.0 Å². The first-order valence-electron chi connectivity index (χ1n) is 8.14. The van der Waals surface area contributed by atoms with E-state index in [0.717, 1.165) is 36.6 Å². The molecule has 0 radical (unpaired) electrons. The molecule has 0 bridgehead atoms. The molecule has 1 aromatic heterocycles. The number of aliphatic carboxylic acids is 1. The fourth-order valence-corrected chi connectivity index (χ4v) is 3.67. The van der Waals surface area contributed by atoms with Gasteiger partial charge in [-0.15, -0.1) is 5.10 Å². The third-order valence-corrected chi connectivity index (χ3v) is 5.36. The molecule has 2 aliphatic rings. The van der Waals surface area contributed by atoms with E-state index in [2.05, 4.69) is 19.8 Å². The average Bonchev–Trinajstić information content (AvgIpc) is 3.14. The molecule has 23 heavy (non-hydrogen) atoms. The molecular formula is C15H22N4O3S. The Balaban J connectivity index is 1.49. The summed E-state index contributed by atoms with van der Waals surface area (Å²) in [7, 11) is 0. The van der Waals surface area contributed by atoms with Crippen LogP contribution in [0.5, 0.6) is 0 Å². The maximum absolute atomic E-state index is 12.2. The lowest BCUT2D eigenvalue weighted by Crippen LogP contribution is -2.55. The number of nitrogens with one attached hydrogen (secondary N) is 1. The minimum absolute atomic E-state index is 0.0978. The van der Waals surface area contributed by atoms with Gasteiger partial charge in [0.15, 0.2) is 0 Å². The molecule has 2 N–H and O–H groups in total. The van der Waals surface area contributed by atoms with Crippen LogP contribution in [-0.2, 0) is 11.2 Å². The van der Waals surface area contributed by atoms with E-state index in [1.807, 2.05) is 6.92 Å². The zero-order valence-electron chi connectivity index (χ0n) is 13.2. The Kier molecular flexibility index (Phi) is 4.91. The molecule has 0 unspecified atom stereocenters. The summed E-state index contributed by atoms with van der Waals surface area (Å²) in [6.45, 7) is 2.92. The smallest absolute Gasteiger partial charge is 0.317 e. The van der Waals surface area contributed by atoms with Crippen LogP contribution in [-0.4, -0.2) is 56.6 Å². The van der Waals surface area contributed by atoms with Crippen molar-refractivity contribution in [3.63, 3.8) is 0 Å². The van der Waals surface area contributed by atoms with Crippen molar-refractivity contribution in [2.75, 3.05) is 13.1 Å². The first kappa shape index (κ1) is 16.3. The molecule has 0 atom stereocenters. The number of nitrogens with zero attached hydrogens (tertiary/aromatic N) is 3. The predicted octanol–water partition coefficient (Wildman–Crippen LogP) is 1.16. The highest BCUT2D eigenvalue weighted by atomic mass is 32.1. The number of carbonyl (C=O) groups is 2. The summed E-state index contributed by atoms with van der Waals surface area (Å²) >= 11 is 1.13. The maximum Gasteiger partial charge on any atom is 0.317 e. The largest absolute Gasteiger partial charge is 0.480 e. The number of carboxylic acid groups (broad SMARTS) is 1. The molecule has 1 aromatic rings. The van der Waals surface area contributed by atoms with Gasteiger partial charge in [-0.3, -0.25) is 14.5 Å². The van der Waals surface area contributed by atoms with Gasteiger partial charge in [-0.05, 0) is 49.6 Å². The predicted molar refractivity (Wildman–Crippen MR) is 85.5 cm³/mol. The Morgan fingerprint density at radius 3 is 2.74 bits per heavy atom. The van der Waals surface area contributed by atoms with E-state index < -0.39 is 5.97 Å². The summed E-state index contributed by atoms with van der Waals surface area (Å²) in [6.07, 6.45) is 4.75. The van der Waals surface area contributed by atoms with E-state index in [4.69, 9.17) is 5.11 Å². The van der Waals surface area contributed by atoms with Gasteiger partial charge in [-0.25, -0.2) is 0 Å². The lowest BCUT2D eigenvalue weighted by molar-refractivity contribution is -0.139. The van der Waals surface area contributed by atoms with E-state index in [0.29, 0.717) is 17.2 Å². The molecule has 2 saturated carbocycles. The normalized spacial score (nSPS) is 23.6. The Morgan fingerprint density at radius 1 is 1.39 bits per heavy atom. The lowest BCUT2D eigenvalue weighted by atomic mass is 9.85. The van der Waals surface area contributed by atoms with E-state index in [1.54, 1.807) is 0 Å². The van der Waals surface area contributed by atoms with Crippen LogP contribution in [0.25, 0.3) is 0 Å². The van der Waals surface area contributed by atoms with E-state index in [-0.39, 0.29) is 24.5 Å². The van der Waals surface area contributed by atoms with Crippen molar-refractivity contribution in [1.29, 1.82) is 0 Å². The van der Waals surface area contributed by atoms with Crippen LogP contribution < -0.4 is 5.32 Å². The number of hydrogen-bond acceptors (Lipinski definition) is 6. The summed E-state index contributed by atoms with van der Waals surface area (Å²) in [6, 6.07) is 0.386. The summed E-state index contributed by atoms with van der Waals surface area (Å²) in [4.78, 5) is 25.9. The van der Waals surface area contributed by atoms with Gasteiger partial charge in [0.05, 0.1) is 12.2 Å². The van der Waals surface area contributed by atoms with Gasteiger partial charge < -0.3 is 10.4 Å². The SMILES string of the molecule is CCc1nnsc1C(=O)NC1CC(N(CC(=O)O)CC2CC2)C1. The molecule has 0 aliphatic heterocycles. The summed E-state index contributed by atoms with van der Waals surface area (Å²) in [5.74, 6) is -0.216. The Hall–Kier alpha value is -1.54. The minimum Gasteiger partial charge on any atom is -0.480 e. The number of hydrogen-bond donors (Lipinski definition) is 2. The van der Waals surface area contributed by atoms with Gasteiger partial charge in [-0.2, -0.15) is 0 Å². The van der Waals surface area contributed by atoms with Crippen molar-refractivity contribution in [2.24, 2.45) is 5.92 Å². The summed E-state index contributed by atoms with van der Waals surface area (Å²) in [5.41, 5.74) is 0.740. The van der Waals surface area contributed by atoms with Gasteiger partial charge in [0, 0.05) is 18.6 Å². The third-order valence-electron chi connectivity index (χ3n) is 4.59. The molecule has 126 valence electrons. The Bertz CT molecular complexity index is 581.